The standard InChI is InChI=1S/C13H16N2O2S/c16-12(10-4-2-1-3-5-10)15-8-11(9-15)17-13-14-6-7-18-13/h1-2,6-7,10-11H,3-5,8-9H2/t10-/m1/s1. The number of hydrogen-bond acceptors (Lipinski definition) is 4. The zero-order chi connectivity index (χ0) is 12.4. The molecule has 1 atom stereocenters. The number of aromatic nitrogens is 1. The highest BCUT2D eigenvalue weighted by Gasteiger charge is 2.35. The van der Waals surface area contributed by atoms with Crippen LogP contribution >= 0.6 is 11.3 Å². The fraction of sp³-hybridized carbons (Fsp3) is 0.538. The lowest BCUT2D eigenvalue weighted by molar-refractivity contribution is -0.144. The summed E-state index contributed by atoms with van der Waals surface area (Å²) >= 11 is 1.49. The molecule has 0 bridgehead atoms. The lowest BCUT2D eigenvalue weighted by Gasteiger charge is -2.40. The van der Waals surface area contributed by atoms with Gasteiger partial charge in [0.05, 0.1) is 13.1 Å². The molecular weight excluding hydrogens is 248 g/mol. The molecule has 0 unspecified atom stereocenters. The highest BCUT2D eigenvalue weighted by Crippen LogP contribution is 2.25. The Labute approximate surface area is 110 Å². The van der Waals surface area contributed by atoms with Crippen LogP contribution in [0.3, 0.4) is 0 Å². The SMILES string of the molecule is O=C([C@@H]1CC=CCC1)N1CC(Oc2nccs2)C1. The number of carbonyl (C=O) groups excluding carboxylic acids is 1. The first-order chi connectivity index (χ1) is 8.83. The second-order valence-electron chi connectivity index (χ2n) is 4.76. The van der Waals surface area contributed by atoms with E-state index in [1.807, 2.05) is 10.3 Å². The van der Waals surface area contributed by atoms with E-state index in [1.54, 1.807) is 6.20 Å². The Hall–Kier alpha value is -1.36. The highest BCUT2D eigenvalue weighted by molar-refractivity contribution is 7.11. The Kier molecular flexibility index (Phi) is 3.32. The largest absolute Gasteiger partial charge is 0.463 e. The summed E-state index contributed by atoms with van der Waals surface area (Å²) in [6, 6.07) is 0. The van der Waals surface area contributed by atoms with Crippen LogP contribution in [0.25, 0.3) is 0 Å². The van der Waals surface area contributed by atoms with Crippen molar-refractivity contribution in [1.82, 2.24) is 9.88 Å². The molecule has 0 radical (unpaired) electrons. The minimum Gasteiger partial charge on any atom is -0.463 e. The Morgan fingerprint density at radius 3 is 3.00 bits per heavy atom. The number of carbonyl (C=O) groups is 1. The van der Waals surface area contributed by atoms with Crippen molar-refractivity contribution in [2.45, 2.75) is 25.4 Å². The molecule has 0 saturated carbocycles. The first kappa shape index (κ1) is 11.7. The van der Waals surface area contributed by atoms with Crippen molar-refractivity contribution in [3.63, 3.8) is 0 Å². The van der Waals surface area contributed by atoms with E-state index in [1.165, 1.54) is 11.3 Å². The number of amides is 1. The van der Waals surface area contributed by atoms with Gasteiger partial charge in [-0.1, -0.05) is 23.5 Å². The molecule has 0 N–H and O–H groups in total. The number of hydrogen-bond donors (Lipinski definition) is 0. The van der Waals surface area contributed by atoms with Gasteiger partial charge in [-0.2, -0.15) is 0 Å². The van der Waals surface area contributed by atoms with Crippen LogP contribution < -0.4 is 4.74 Å². The number of ether oxygens (including phenoxy) is 1. The predicted molar refractivity (Wildman–Crippen MR) is 69.6 cm³/mol. The van der Waals surface area contributed by atoms with Gasteiger partial charge in [-0.3, -0.25) is 4.79 Å². The molecule has 2 aliphatic rings. The van der Waals surface area contributed by atoms with E-state index in [2.05, 4.69) is 17.1 Å². The molecule has 1 aliphatic heterocycles. The number of allylic oxidation sites excluding steroid dienone is 2. The molecule has 4 nitrogen and oxygen atoms in total. The molecule has 0 aromatic carbocycles. The van der Waals surface area contributed by atoms with Crippen LogP contribution in [0.4, 0.5) is 0 Å². The number of likely N-dealkylation sites (tertiary alicyclic amines) is 1. The van der Waals surface area contributed by atoms with E-state index in [-0.39, 0.29) is 12.0 Å². The lowest BCUT2D eigenvalue weighted by Crippen LogP contribution is -2.57. The first-order valence-electron chi connectivity index (χ1n) is 6.33. The fourth-order valence-corrected chi connectivity index (χ4v) is 2.93. The van der Waals surface area contributed by atoms with Gasteiger partial charge in [0.15, 0.2) is 0 Å². The molecular formula is C13H16N2O2S. The summed E-state index contributed by atoms with van der Waals surface area (Å²) in [7, 11) is 0. The summed E-state index contributed by atoms with van der Waals surface area (Å²) in [4.78, 5) is 18.1. The van der Waals surface area contributed by atoms with Crippen molar-refractivity contribution >= 4 is 17.2 Å². The quantitative estimate of drug-likeness (QED) is 0.785. The van der Waals surface area contributed by atoms with Crippen molar-refractivity contribution in [2.24, 2.45) is 5.92 Å². The van der Waals surface area contributed by atoms with E-state index in [0.29, 0.717) is 24.2 Å². The molecule has 1 amide bonds. The van der Waals surface area contributed by atoms with Crippen LogP contribution in [0.1, 0.15) is 19.3 Å². The van der Waals surface area contributed by atoms with E-state index in [4.69, 9.17) is 4.74 Å². The molecule has 18 heavy (non-hydrogen) atoms. The summed E-state index contributed by atoms with van der Waals surface area (Å²) in [6.07, 6.45) is 9.05. The third-order valence-corrected chi connectivity index (χ3v) is 4.12. The molecule has 1 fully saturated rings. The predicted octanol–water partition coefficient (Wildman–Crippen LogP) is 2.09. The van der Waals surface area contributed by atoms with Crippen LogP contribution in [0, 0.1) is 5.92 Å². The van der Waals surface area contributed by atoms with Crippen molar-refractivity contribution in [2.75, 3.05) is 13.1 Å². The highest BCUT2D eigenvalue weighted by atomic mass is 32.1. The van der Waals surface area contributed by atoms with Gasteiger partial charge in [0, 0.05) is 17.5 Å². The van der Waals surface area contributed by atoms with Gasteiger partial charge < -0.3 is 9.64 Å². The zero-order valence-electron chi connectivity index (χ0n) is 10.1. The molecule has 1 saturated heterocycles. The maximum Gasteiger partial charge on any atom is 0.273 e. The third kappa shape index (κ3) is 2.41. The van der Waals surface area contributed by atoms with Crippen LogP contribution in [0.15, 0.2) is 23.7 Å². The van der Waals surface area contributed by atoms with Gasteiger partial charge in [-0.15, -0.1) is 0 Å². The van der Waals surface area contributed by atoms with Crippen molar-refractivity contribution in [3.05, 3.63) is 23.7 Å². The molecule has 2 heterocycles. The van der Waals surface area contributed by atoms with Gasteiger partial charge in [0.1, 0.15) is 6.10 Å². The van der Waals surface area contributed by atoms with Crippen LogP contribution in [0.2, 0.25) is 0 Å². The Morgan fingerprint density at radius 2 is 2.33 bits per heavy atom. The smallest absolute Gasteiger partial charge is 0.273 e. The Balaban J connectivity index is 1.46. The van der Waals surface area contributed by atoms with Gasteiger partial charge in [0.2, 0.25) is 5.91 Å². The van der Waals surface area contributed by atoms with Gasteiger partial charge in [-0.25, -0.2) is 4.98 Å². The van der Waals surface area contributed by atoms with Gasteiger partial charge in [-0.05, 0) is 19.3 Å². The topological polar surface area (TPSA) is 42.4 Å². The van der Waals surface area contributed by atoms with Crippen molar-refractivity contribution in [3.8, 4) is 5.19 Å². The summed E-state index contributed by atoms with van der Waals surface area (Å²) in [5.74, 6) is 0.481. The van der Waals surface area contributed by atoms with Crippen LogP contribution in [-0.2, 0) is 4.79 Å². The molecule has 5 heteroatoms. The van der Waals surface area contributed by atoms with Crippen LogP contribution in [0.5, 0.6) is 5.19 Å². The molecule has 0 spiro atoms. The van der Waals surface area contributed by atoms with Crippen molar-refractivity contribution in [1.29, 1.82) is 0 Å². The molecule has 3 rings (SSSR count). The average molecular weight is 264 g/mol. The second-order valence-corrected chi connectivity index (χ2v) is 5.62. The Morgan fingerprint density at radius 1 is 1.44 bits per heavy atom. The van der Waals surface area contributed by atoms with Crippen LogP contribution in [-0.4, -0.2) is 35.0 Å². The monoisotopic (exact) mass is 264 g/mol. The number of nitrogens with zero attached hydrogens (tertiary/aromatic N) is 2. The zero-order valence-corrected chi connectivity index (χ0v) is 10.9. The van der Waals surface area contributed by atoms with Gasteiger partial charge >= 0.3 is 0 Å². The normalized spacial score (nSPS) is 23.8. The molecule has 96 valence electrons. The lowest BCUT2D eigenvalue weighted by atomic mass is 9.92. The number of rotatable bonds is 3. The first-order valence-corrected chi connectivity index (χ1v) is 7.21. The molecule has 1 aromatic heterocycles. The fourth-order valence-electron chi connectivity index (χ4n) is 2.38. The maximum atomic E-state index is 12.2. The second kappa shape index (κ2) is 5.10. The molecule has 1 aliphatic carbocycles. The summed E-state index contributed by atoms with van der Waals surface area (Å²) in [5.41, 5.74) is 0. The third-order valence-electron chi connectivity index (χ3n) is 3.46. The maximum absolute atomic E-state index is 12.2. The number of thiazole rings is 1. The summed E-state index contributed by atoms with van der Waals surface area (Å²) < 4.78 is 5.66. The van der Waals surface area contributed by atoms with Crippen molar-refractivity contribution < 1.29 is 9.53 Å². The Bertz CT molecular complexity index is 438. The summed E-state index contributed by atoms with van der Waals surface area (Å²) in [5, 5.41) is 2.60. The van der Waals surface area contributed by atoms with E-state index >= 15 is 0 Å². The minimum absolute atomic E-state index is 0.124. The van der Waals surface area contributed by atoms with E-state index in [9.17, 15) is 4.79 Å². The molecule has 1 aromatic rings. The van der Waals surface area contributed by atoms with Gasteiger partial charge in [0.25, 0.3) is 5.19 Å². The average Bonchev–Trinajstić information content (AvgIpc) is 2.86. The van der Waals surface area contributed by atoms with E-state index < -0.39 is 0 Å². The summed E-state index contributed by atoms with van der Waals surface area (Å²) in [6.45, 7) is 1.41. The van der Waals surface area contributed by atoms with E-state index in [0.717, 1.165) is 19.3 Å². The minimum atomic E-state index is 0.124.